The number of rotatable bonds is 5. The third-order valence-corrected chi connectivity index (χ3v) is 3.57. The van der Waals surface area contributed by atoms with Crippen LogP contribution in [-0.4, -0.2) is 12.5 Å². The largest absolute Gasteiger partial charge is 0.367 e. The average molecular weight is 345 g/mol. The fraction of sp³-hybridized carbons (Fsp3) is 0.133. The van der Waals surface area contributed by atoms with Gasteiger partial charge in [-0.2, -0.15) is 0 Å². The maximum atomic E-state index is 11.7. The van der Waals surface area contributed by atoms with Crippen LogP contribution in [0.3, 0.4) is 0 Å². The van der Waals surface area contributed by atoms with Gasteiger partial charge < -0.3 is 10.1 Å². The third kappa shape index (κ3) is 5.21. The van der Waals surface area contributed by atoms with E-state index >= 15 is 0 Å². The summed E-state index contributed by atoms with van der Waals surface area (Å²) < 4.78 is 5.33. The van der Waals surface area contributed by atoms with Crippen LogP contribution in [0.1, 0.15) is 5.56 Å². The molecule has 1 N–H and O–H groups in total. The highest BCUT2D eigenvalue weighted by Crippen LogP contribution is 2.22. The van der Waals surface area contributed by atoms with E-state index in [4.69, 9.17) is 39.5 Å². The minimum Gasteiger partial charge on any atom is -0.367 e. The number of carbonyl (C=O) groups is 1. The molecule has 0 bridgehead atoms. The molecule has 2 rings (SSSR count). The van der Waals surface area contributed by atoms with Gasteiger partial charge in [-0.25, -0.2) is 0 Å². The lowest BCUT2D eigenvalue weighted by atomic mass is 10.2. The molecule has 21 heavy (non-hydrogen) atoms. The van der Waals surface area contributed by atoms with E-state index in [0.29, 0.717) is 20.8 Å². The second-order valence-electron chi connectivity index (χ2n) is 4.30. The van der Waals surface area contributed by atoms with Crippen LogP contribution in [0.4, 0.5) is 5.69 Å². The van der Waals surface area contributed by atoms with Crippen molar-refractivity contribution in [2.45, 2.75) is 6.61 Å². The molecule has 2 aromatic rings. The van der Waals surface area contributed by atoms with E-state index in [1.165, 1.54) is 0 Å². The van der Waals surface area contributed by atoms with E-state index in [2.05, 4.69) is 5.32 Å². The van der Waals surface area contributed by atoms with E-state index in [9.17, 15) is 4.79 Å². The zero-order valence-corrected chi connectivity index (χ0v) is 13.2. The molecule has 6 heteroatoms. The van der Waals surface area contributed by atoms with E-state index in [0.717, 1.165) is 5.56 Å². The molecule has 1 amide bonds. The van der Waals surface area contributed by atoms with Gasteiger partial charge in [0.15, 0.2) is 0 Å². The molecule has 110 valence electrons. The number of ether oxygens (including phenoxy) is 1. The van der Waals surface area contributed by atoms with Gasteiger partial charge in [0.2, 0.25) is 5.91 Å². The number of anilines is 1. The molecule has 0 saturated heterocycles. The number of halogens is 3. The third-order valence-electron chi connectivity index (χ3n) is 2.59. The molecule has 0 aliphatic carbocycles. The number of hydrogen-bond acceptors (Lipinski definition) is 2. The number of benzene rings is 2. The zero-order valence-electron chi connectivity index (χ0n) is 10.9. The van der Waals surface area contributed by atoms with Crippen LogP contribution in [-0.2, 0) is 16.1 Å². The first-order chi connectivity index (χ1) is 10.0. The SMILES string of the molecule is O=C(COCc1ccc(Cl)c(Cl)c1)Nc1cccc(Cl)c1. The maximum absolute atomic E-state index is 11.7. The topological polar surface area (TPSA) is 38.3 Å². The Hall–Kier alpha value is -1.26. The van der Waals surface area contributed by atoms with Crippen molar-refractivity contribution in [3.63, 3.8) is 0 Å². The number of amides is 1. The Morgan fingerprint density at radius 3 is 2.57 bits per heavy atom. The number of carbonyl (C=O) groups excluding carboxylic acids is 1. The van der Waals surface area contributed by atoms with Crippen molar-refractivity contribution in [1.82, 2.24) is 0 Å². The summed E-state index contributed by atoms with van der Waals surface area (Å²) >= 11 is 17.6. The fourth-order valence-electron chi connectivity index (χ4n) is 1.65. The van der Waals surface area contributed by atoms with E-state index in [1.54, 1.807) is 42.5 Å². The summed E-state index contributed by atoms with van der Waals surface area (Å²) in [5.41, 5.74) is 1.48. The molecule has 0 unspecified atom stereocenters. The Morgan fingerprint density at radius 1 is 1.05 bits per heavy atom. The molecule has 0 fully saturated rings. The Labute approximate surface area is 137 Å². The minimum absolute atomic E-state index is 0.0627. The second kappa shape index (κ2) is 7.66. The van der Waals surface area contributed by atoms with Gasteiger partial charge in [-0.3, -0.25) is 4.79 Å². The van der Waals surface area contributed by atoms with Crippen molar-refractivity contribution in [3.8, 4) is 0 Å². The molecule has 0 radical (unpaired) electrons. The van der Waals surface area contributed by atoms with E-state index in [1.807, 2.05) is 0 Å². The van der Waals surface area contributed by atoms with E-state index < -0.39 is 0 Å². The lowest BCUT2D eigenvalue weighted by Gasteiger charge is -2.07. The zero-order chi connectivity index (χ0) is 15.2. The van der Waals surface area contributed by atoms with Gasteiger partial charge in [0.05, 0.1) is 16.7 Å². The van der Waals surface area contributed by atoms with Gasteiger partial charge >= 0.3 is 0 Å². The van der Waals surface area contributed by atoms with Crippen LogP contribution < -0.4 is 5.32 Å². The first kappa shape index (κ1) is 16.1. The quantitative estimate of drug-likeness (QED) is 0.846. The van der Waals surface area contributed by atoms with Crippen molar-refractivity contribution in [3.05, 3.63) is 63.1 Å². The summed E-state index contributed by atoms with van der Waals surface area (Å²) in [7, 11) is 0. The molecule has 0 aromatic heterocycles. The van der Waals surface area contributed by atoms with Crippen LogP contribution >= 0.6 is 34.8 Å². The lowest BCUT2D eigenvalue weighted by molar-refractivity contribution is -0.121. The molecule has 0 aliphatic heterocycles. The molecule has 3 nitrogen and oxygen atoms in total. The van der Waals surface area contributed by atoms with Crippen LogP contribution in [0, 0.1) is 0 Å². The minimum atomic E-state index is -0.252. The number of nitrogens with one attached hydrogen (secondary N) is 1. The summed E-state index contributed by atoms with van der Waals surface area (Å²) in [5.74, 6) is -0.252. The highest BCUT2D eigenvalue weighted by Gasteiger charge is 2.04. The van der Waals surface area contributed by atoms with Gasteiger partial charge in [0.25, 0.3) is 0 Å². The molecule has 2 aromatic carbocycles. The molecule has 0 heterocycles. The Bertz CT molecular complexity index is 647. The van der Waals surface area contributed by atoms with Crippen LogP contribution in [0.25, 0.3) is 0 Å². The fourth-order valence-corrected chi connectivity index (χ4v) is 2.17. The maximum Gasteiger partial charge on any atom is 0.250 e. The standard InChI is InChI=1S/C15H12Cl3NO2/c16-11-2-1-3-12(7-11)19-15(20)9-21-8-10-4-5-13(17)14(18)6-10/h1-7H,8-9H2,(H,19,20). The molecule has 0 spiro atoms. The molecular weight excluding hydrogens is 333 g/mol. The summed E-state index contributed by atoms with van der Waals surface area (Å²) in [6, 6.07) is 12.1. The Balaban J connectivity index is 1.80. The van der Waals surface area contributed by atoms with Crippen LogP contribution in [0.2, 0.25) is 15.1 Å². The summed E-state index contributed by atoms with van der Waals surface area (Å²) in [6.07, 6.45) is 0. The summed E-state index contributed by atoms with van der Waals surface area (Å²) in [5, 5.41) is 4.20. The van der Waals surface area contributed by atoms with Crippen molar-refractivity contribution in [2.75, 3.05) is 11.9 Å². The predicted molar refractivity (Wildman–Crippen MR) is 86.2 cm³/mol. The molecular formula is C15H12Cl3NO2. The monoisotopic (exact) mass is 343 g/mol. The normalized spacial score (nSPS) is 10.4. The molecule has 0 atom stereocenters. The first-order valence-corrected chi connectivity index (χ1v) is 7.25. The van der Waals surface area contributed by atoms with E-state index in [-0.39, 0.29) is 19.1 Å². The highest BCUT2D eigenvalue weighted by molar-refractivity contribution is 6.42. The smallest absolute Gasteiger partial charge is 0.250 e. The first-order valence-electron chi connectivity index (χ1n) is 6.11. The molecule has 0 aliphatic rings. The van der Waals surface area contributed by atoms with Gasteiger partial charge in [-0.1, -0.05) is 46.9 Å². The predicted octanol–water partition coefficient (Wildman–Crippen LogP) is 4.80. The van der Waals surface area contributed by atoms with Crippen molar-refractivity contribution >= 4 is 46.4 Å². The molecule has 0 saturated carbocycles. The van der Waals surface area contributed by atoms with Crippen LogP contribution in [0.15, 0.2) is 42.5 Å². The Morgan fingerprint density at radius 2 is 1.86 bits per heavy atom. The van der Waals surface area contributed by atoms with Crippen molar-refractivity contribution in [1.29, 1.82) is 0 Å². The Kier molecular flexibility index (Phi) is 5.88. The van der Waals surface area contributed by atoms with Gasteiger partial charge in [-0.05, 0) is 35.9 Å². The van der Waals surface area contributed by atoms with Gasteiger partial charge in [0.1, 0.15) is 6.61 Å². The number of hydrogen-bond donors (Lipinski definition) is 1. The summed E-state index contributed by atoms with van der Waals surface area (Å²) in [6.45, 7) is 0.215. The van der Waals surface area contributed by atoms with Crippen molar-refractivity contribution < 1.29 is 9.53 Å². The second-order valence-corrected chi connectivity index (χ2v) is 5.55. The van der Waals surface area contributed by atoms with Gasteiger partial charge in [0, 0.05) is 10.7 Å². The van der Waals surface area contributed by atoms with Crippen LogP contribution in [0.5, 0.6) is 0 Å². The summed E-state index contributed by atoms with van der Waals surface area (Å²) in [4.78, 5) is 11.7. The highest BCUT2D eigenvalue weighted by atomic mass is 35.5. The van der Waals surface area contributed by atoms with Gasteiger partial charge in [-0.15, -0.1) is 0 Å². The van der Waals surface area contributed by atoms with Crippen molar-refractivity contribution in [2.24, 2.45) is 0 Å². The average Bonchev–Trinajstić information content (AvgIpc) is 2.43. The lowest BCUT2D eigenvalue weighted by Crippen LogP contribution is -2.18.